The van der Waals surface area contributed by atoms with E-state index in [0.717, 1.165) is 36.8 Å². The summed E-state index contributed by atoms with van der Waals surface area (Å²) in [5, 5.41) is 9.21. The summed E-state index contributed by atoms with van der Waals surface area (Å²) in [5.41, 5.74) is 1.44. The molecule has 4 atom stereocenters. The third kappa shape index (κ3) is 3.34. The van der Waals surface area contributed by atoms with Crippen LogP contribution in [0.3, 0.4) is 0 Å². The molecule has 1 saturated carbocycles. The van der Waals surface area contributed by atoms with Crippen molar-refractivity contribution in [2.45, 2.75) is 62.8 Å². The Kier molecular flexibility index (Phi) is 5.11. The third-order valence-electron chi connectivity index (χ3n) is 6.73. The minimum atomic E-state index is -1.10. The molecule has 30 heavy (non-hydrogen) atoms. The largest absolute Gasteiger partial charge is 0.478 e. The molecule has 2 aromatic rings. The first-order valence-electron chi connectivity index (χ1n) is 10.7. The summed E-state index contributed by atoms with van der Waals surface area (Å²) in [6, 6.07) is 16.7. The molecule has 1 N–H and O–H groups in total. The number of ether oxygens (including phenoxy) is 2. The maximum absolute atomic E-state index is 11.2. The van der Waals surface area contributed by atoms with Gasteiger partial charge in [0.1, 0.15) is 0 Å². The zero-order valence-electron chi connectivity index (χ0n) is 16.8. The van der Waals surface area contributed by atoms with Crippen molar-refractivity contribution in [2.24, 2.45) is 5.92 Å². The fraction of sp³-hybridized carbons (Fsp3) is 0.458. The number of carbonyl (C=O) groups is 1. The van der Waals surface area contributed by atoms with E-state index in [9.17, 15) is 9.90 Å². The standard InChI is InChI=1S/C24H26O6/c25-21(26)18-9-11-20(12-10-18)24-15-13-19-8-4-5-14-23(19,29-30-24)22(28-24)27-16-17-6-2-1-3-7-17/h1-3,6-7,9-12,19,22H,4-5,8,13-16H2,(H,25,26)/t19-,22+,23+,24+/m1/s1. The predicted molar refractivity (Wildman–Crippen MR) is 107 cm³/mol. The van der Waals surface area contributed by atoms with E-state index < -0.39 is 23.6 Å². The van der Waals surface area contributed by atoms with Crippen molar-refractivity contribution in [2.75, 3.05) is 0 Å². The second-order valence-electron chi connectivity index (χ2n) is 8.48. The maximum atomic E-state index is 11.2. The molecule has 1 aliphatic carbocycles. The fourth-order valence-electron chi connectivity index (χ4n) is 5.04. The Morgan fingerprint density at radius 2 is 1.80 bits per heavy atom. The lowest BCUT2D eigenvalue weighted by Gasteiger charge is -2.50. The van der Waals surface area contributed by atoms with Crippen molar-refractivity contribution < 1.29 is 29.1 Å². The Balaban J connectivity index is 1.46. The highest BCUT2D eigenvalue weighted by Gasteiger charge is 2.62. The maximum Gasteiger partial charge on any atom is 0.335 e. The molecule has 3 saturated heterocycles. The molecule has 0 amide bonds. The molecular weight excluding hydrogens is 384 g/mol. The van der Waals surface area contributed by atoms with Gasteiger partial charge in [-0.2, -0.15) is 4.89 Å². The number of aromatic carboxylic acids is 1. The van der Waals surface area contributed by atoms with Crippen LogP contribution in [0.2, 0.25) is 0 Å². The van der Waals surface area contributed by atoms with Gasteiger partial charge < -0.3 is 14.6 Å². The first kappa shape index (κ1) is 19.7. The number of fused-ring (bicyclic) bond motifs is 3. The lowest BCUT2D eigenvalue weighted by atomic mass is 9.73. The Morgan fingerprint density at radius 1 is 1.00 bits per heavy atom. The van der Waals surface area contributed by atoms with Crippen LogP contribution in [-0.4, -0.2) is 23.0 Å². The average molecular weight is 410 g/mol. The van der Waals surface area contributed by atoms with Crippen molar-refractivity contribution in [3.05, 3.63) is 71.3 Å². The van der Waals surface area contributed by atoms with E-state index in [1.807, 2.05) is 30.3 Å². The van der Waals surface area contributed by atoms with Crippen molar-refractivity contribution >= 4 is 5.97 Å². The topological polar surface area (TPSA) is 74.2 Å². The summed E-state index contributed by atoms with van der Waals surface area (Å²) in [5.74, 6) is -1.76. The molecule has 1 spiro atoms. The summed E-state index contributed by atoms with van der Waals surface area (Å²) >= 11 is 0. The molecule has 0 radical (unpaired) electrons. The van der Waals surface area contributed by atoms with E-state index in [1.54, 1.807) is 24.3 Å². The number of carboxylic acids is 1. The minimum absolute atomic E-state index is 0.225. The van der Waals surface area contributed by atoms with Crippen molar-refractivity contribution in [3.63, 3.8) is 0 Å². The van der Waals surface area contributed by atoms with E-state index in [-0.39, 0.29) is 5.56 Å². The smallest absolute Gasteiger partial charge is 0.335 e. The van der Waals surface area contributed by atoms with Gasteiger partial charge in [-0.25, -0.2) is 9.68 Å². The lowest BCUT2D eigenvalue weighted by molar-refractivity contribution is -0.561. The third-order valence-corrected chi connectivity index (χ3v) is 6.73. The molecule has 3 aliphatic heterocycles. The lowest BCUT2D eigenvalue weighted by Crippen LogP contribution is -2.59. The zero-order chi connectivity index (χ0) is 20.6. The van der Waals surface area contributed by atoms with Crippen molar-refractivity contribution in [3.8, 4) is 0 Å². The van der Waals surface area contributed by atoms with Crippen LogP contribution in [0.5, 0.6) is 0 Å². The molecule has 2 aromatic carbocycles. The van der Waals surface area contributed by atoms with Crippen LogP contribution in [0.25, 0.3) is 0 Å². The molecule has 0 aromatic heterocycles. The van der Waals surface area contributed by atoms with Crippen LogP contribution >= 0.6 is 0 Å². The molecule has 6 heteroatoms. The van der Waals surface area contributed by atoms with E-state index in [2.05, 4.69) is 0 Å². The molecule has 0 unspecified atom stereocenters. The fourth-order valence-corrected chi connectivity index (χ4v) is 5.04. The minimum Gasteiger partial charge on any atom is -0.478 e. The molecule has 6 nitrogen and oxygen atoms in total. The van der Waals surface area contributed by atoms with Crippen LogP contribution in [0, 0.1) is 5.92 Å². The zero-order valence-corrected chi connectivity index (χ0v) is 16.8. The predicted octanol–water partition coefficient (Wildman–Crippen LogP) is 4.78. The Hall–Kier alpha value is -2.25. The van der Waals surface area contributed by atoms with Gasteiger partial charge in [-0.1, -0.05) is 55.3 Å². The molecule has 158 valence electrons. The van der Waals surface area contributed by atoms with E-state index in [1.165, 1.54) is 6.42 Å². The van der Waals surface area contributed by atoms with Crippen LogP contribution < -0.4 is 0 Å². The number of carboxylic acid groups (broad SMARTS) is 1. The Bertz CT molecular complexity index is 894. The SMILES string of the molecule is O=C(O)c1ccc([C@]23CC[C@H]4CCCC[C@@]4(OO2)[C@@H](OCc2ccccc2)O3)cc1. The van der Waals surface area contributed by atoms with Crippen molar-refractivity contribution in [1.82, 2.24) is 0 Å². The molecule has 4 aliphatic rings. The first-order chi connectivity index (χ1) is 14.6. The molecular formula is C24H26O6. The summed E-state index contributed by atoms with van der Waals surface area (Å²) in [6.45, 7) is 0.428. The number of hydrogen-bond donors (Lipinski definition) is 1. The van der Waals surface area contributed by atoms with Crippen molar-refractivity contribution in [1.29, 1.82) is 0 Å². The summed E-state index contributed by atoms with van der Waals surface area (Å²) in [7, 11) is 0. The summed E-state index contributed by atoms with van der Waals surface area (Å²) < 4.78 is 12.9. The van der Waals surface area contributed by atoms with Crippen LogP contribution in [0.4, 0.5) is 0 Å². The van der Waals surface area contributed by atoms with Gasteiger partial charge in [0.05, 0.1) is 12.2 Å². The van der Waals surface area contributed by atoms with Crippen LogP contribution in [-0.2, 0) is 31.6 Å². The highest BCUT2D eigenvalue weighted by molar-refractivity contribution is 5.87. The van der Waals surface area contributed by atoms with E-state index in [4.69, 9.17) is 19.2 Å². The first-order valence-corrected chi connectivity index (χ1v) is 10.7. The van der Waals surface area contributed by atoms with Gasteiger partial charge >= 0.3 is 5.97 Å². The Labute approximate surface area is 175 Å². The molecule has 3 heterocycles. The van der Waals surface area contributed by atoms with E-state index in [0.29, 0.717) is 18.9 Å². The van der Waals surface area contributed by atoms with Gasteiger partial charge in [0.25, 0.3) is 0 Å². The van der Waals surface area contributed by atoms with Crippen LogP contribution in [0.1, 0.15) is 60.0 Å². The van der Waals surface area contributed by atoms with E-state index >= 15 is 0 Å². The van der Waals surface area contributed by atoms with Crippen LogP contribution in [0.15, 0.2) is 54.6 Å². The second-order valence-corrected chi connectivity index (χ2v) is 8.48. The van der Waals surface area contributed by atoms with Gasteiger partial charge in [0, 0.05) is 12.0 Å². The van der Waals surface area contributed by atoms with Gasteiger partial charge in [-0.05, 0) is 42.9 Å². The second kappa shape index (κ2) is 7.78. The van der Waals surface area contributed by atoms with Gasteiger partial charge in [0.2, 0.25) is 5.79 Å². The number of hydrogen-bond acceptors (Lipinski definition) is 5. The quantitative estimate of drug-likeness (QED) is 0.715. The Morgan fingerprint density at radius 3 is 2.57 bits per heavy atom. The van der Waals surface area contributed by atoms with Gasteiger partial charge in [-0.15, -0.1) is 0 Å². The van der Waals surface area contributed by atoms with Gasteiger partial charge in [-0.3, -0.25) is 0 Å². The number of benzene rings is 2. The molecule has 4 fully saturated rings. The highest BCUT2D eigenvalue weighted by atomic mass is 17.3. The molecule has 2 bridgehead atoms. The monoisotopic (exact) mass is 410 g/mol. The van der Waals surface area contributed by atoms with Gasteiger partial charge in [0.15, 0.2) is 11.9 Å². The molecule has 6 rings (SSSR count). The average Bonchev–Trinajstić information content (AvgIpc) is 3.05. The number of rotatable bonds is 5. The highest BCUT2D eigenvalue weighted by Crippen LogP contribution is 2.55. The normalized spacial score (nSPS) is 32.9. The summed E-state index contributed by atoms with van der Waals surface area (Å²) in [4.78, 5) is 23.4. The summed E-state index contributed by atoms with van der Waals surface area (Å²) in [6.07, 6.45) is 5.11.